The second-order valence-electron chi connectivity index (χ2n) is 22.9. The summed E-state index contributed by atoms with van der Waals surface area (Å²) in [6, 6.07) is 104. The van der Waals surface area contributed by atoms with Crippen molar-refractivity contribution in [3.63, 3.8) is 0 Å². The summed E-state index contributed by atoms with van der Waals surface area (Å²) in [7, 11) is -2.32. The number of hydrogen-bond acceptors (Lipinski definition) is 0. The van der Waals surface area contributed by atoms with Crippen LogP contribution in [0.4, 0.5) is 0 Å². The second kappa shape index (κ2) is 22.6. The Morgan fingerprint density at radius 1 is 0.398 bits per heavy atom. The number of nitrogens with zero attached hydrogens (tertiary/aromatic N) is 2. The second-order valence-corrected chi connectivity index (χ2v) is 26.1. The highest BCUT2D eigenvalue weighted by atomic mass is 32.3. The molecule has 16 rings (SSSR count). The quantitative estimate of drug-likeness (QED) is 0.108. The molecule has 13 aromatic rings. The fourth-order valence-electron chi connectivity index (χ4n) is 13.8. The van der Waals surface area contributed by atoms with Gasteiger partial charge in [-0.2, -0.15) is 0 Å². The van der Waals surface area contributed by atoms with E-state index in [0.717, 1.165) is 71.3 Å². The molecule has 3 aliphatic carbocycles. The fraction of sp³-hybridized carbons (Fsp3) is 0.0588. The molecule has 0 spiro atoms. The van der Waals surface area contributed by atoms with E-state index in [1.165, 1.54) is 103 Å². The van der Waals surface area contributed by atoms with E-state index in [4.69, 9.17) is 0 Å². The van der Waals surface area contributed by atoms with Gasteiger partial charge in [0.2, 0.25) is 0 Å². The van der Waals surface area contributed by atoms with Gasteiger partial charge in [0.15, 0.2) is 0 Å². The maximum absolute atomic E-state index is 3.69. The van der Waals surface area contributed by atoms with E-state index in [0.29, 0.717) is 0 Å². The van der Waals surface area contributed by atoms with Gasteiger partial charge in [0.25, 0.3) is 0 Å². The summed E-state index contributed by atoms with van der Waals surface area (Å²) >= 11 is 0. The third-order valence-corrected chi connectivity index (χ3v) is 21.7. The Hall–Kier alpha value is -10.8. The average Bonchev–Trinajstić information content (AvgIpc) is 1.24. The van der Waals surface area contributed by atoms with Gasteiger partial charge in [0.05, 0.1) is 22.4 Å². The van der Waals surface area contributed by atoms with Gasteiger partial charge in [-0.05, 0) is 173 Å². The monoisotopic (exact) mass is 1140 g/mol. The van der Waals surface area contributed by atoms with Crippen LogP contribution in [-0.2, 0) is 6.42 Å². The SMILES string of the molecule is C1#Cc2c(c3cc(-c4ccc5c(c4)c4c(n5-c5c(-c6c#cccc6)cc(S(c6ccccc6)(c6ccccc6)c6cc(-c7ccccc7)cc(-c7ccccc7)c6)cc5-c5ccccc5)CCC=C4)ccc3n2-c2ccccc2C2=CC=CCC2)C=CC1. The van der Waals surface area contributed by atoms with Crippen LogP contribution in [0.3, 0.4) is 0 Å². The summed E-state index contributed by atoms with van der Waals surface area (Å²) in [5.74, 6) is 7.10. The topological polar surface area (TPSA) is 9.86 Å². The first-order valence-electron chi connectivity index (χ1n) is 30.6. The Morgan fingerprint density at radius 3 is 1.62 bits per heavy atom. The van der Waals surface area contributed by atoms with Crippen LogP contribution in [0.25, 0.3) is 107 Å². The fourth-order valence-corrected chi connectivity index (χ4v) is 17.8. The number of aromatic nitrogens is 2. The smallest absolute Gasteiger partial charge is 0.105 e. The van der Waals surface area contributed by atoms with Crippen molar-refractivity contribution in [3.05, 3.63) is 331 Å². The summed E-state index contributed by atoms with van der Waals surface area (Å²) < 4.78 is 5.04. The maximum Gasteiger partial charge on any atom is 0.105 e. The van der Waals surface area contributed by atoms with E-state index < -0.39 is 10.0 Å². The van der Waals surface area contributed by atoms with E-state index >= 15 is 0 Å². The van der Waals surface area contributed by atoms with Gasteiger partial charge in [-0.3, -0.25) is 0 Å². The molecule has 3 heteroatoms. The van der Waals surface area contributed by atoms with Gasteiger partial charge in [-0.25, -0.2) is 0 Å². The highest BCUT2D eigenvalue weighted by Crippen LogP contribution is 2.75. The molecule has 88 heavy (non-hydrogen) atoms. The Bertz CT molecular complexity index is 4850. The zero-order valence-corrected chi connectivity index (χ0v) is 49.5. The Labute approximate surface area is 517 Å². The maximum atomic E-state index is 3.69. The van der Waals surface area contributed by atoms with Crippen molar-refractivity contribution in [2.45, 2.75) is 51.7 Å². The van der Waals surface area contributed by atoms with Crippen LogP contribution in [0.1, 0.15) is 53.8 Å². The van der Waals surface area contributed by atoms with E-state index in [1.54, 1.807) is 0 Å². The molecule has 0 saturated carbocycles. The molecule has 0 amide bonds. The van der Waals surface area contributed by atoms with E-state index in [2.05, 4.69) is 330 Å². The number of benzene rings is 10. The van der Waals surface area contributed by atoms with E-state index in [-0.39, 0.29) is 0 Å². The van der Waals surface area contributed by atoms with Crippen molar-refractivity contribution >= 4 is 49.6 Å². The minimum atomic E-state index is -2.32. The zero-order valence-electron chi connectivity index (χ0n) is 48.7. The van der Waals surface area contributed by atoms with Crippen LogP contribution in [0, 0.1) is 24.0 Å². The molecule has 3 aliphatic rings. The minimum Gasteiger partial charge on any atom is -0.312 e. The van der Waals surface area contributed by atoms with Gasteiger partial charge in [-0.1, -0.05) is 224 Å². The summed E-state index contributed by atoms with van der Waals surface area (Å²) in [4.78, 5) is 4.98. The summed E-state index contributed by atoms with van der Waals surface area (Å²) in [6.07, 6.45) is 20.6. The summed E-state index contributed by atoms with van der Waals surface area (Å²) in [5.41, 5.74) is 23.5. The van der Waals surface area contributed by atoms with Crippen molar-refractivity contribution in [3.8, 4) is 78.9 Å². The Morgan fingerprint density at radius 2 is 0.977 bits per heavy atom. The summed E-state index contributed by atoms with van der Waals surface area (Å²) in [6.45, 7) is 0. The summed E-state index contributed by atoms with van der Waals surface area (Å²) in [5, 5.41) is 2.43. The average molecular weight is 1140 g/mol. The third kappa shape index (κ3) is 9.11. The van der Waals surface area contributed by atoms with Gasteiger partial charge in [-0.15, -0.1) is 10.0 Å². The van der Waals surface area contributed by atoms with Crippen LogP contribution in [0.2, 0.25) is 0 Å². The highest BCUT2D eigenvalue weighted by Gasteiger charge is 2.37. The van der Waals surface area contributed by atoms with Gasteiger partial charge >= 0.3 is 0 Å². The first kappa shape index (κ1) is 52.7. The molecule has 0 fully saturated rings. The molecule has 0 saturated heterocycles. The standard InChI is InChI=1S/C85H60N2S/c1-9-29-60(30-10-1)67-53-68(61-31-11-2-12-32-61)55-71(54-67)88(69-39-19-6-20-40-69,70-41-21-7-22-42-70)72-58-76(63-35-15-4-16-36-63)85(77(59-72)64-37-17-5-18-38-64)87-82-48-28-26-45-75(82)79-57-66(50-52-84(79)87)65-49-51-83-78(56-65)74-44-23-8-24-46-81(74)86(83)80-47-27-25-43-73(80)62-33-13-3-14-34-62/h1-7,9-13,15-17,19-23,25-27,29-33,35-37,39-45,47,49-59H,8,14,28,34,48H2. The Kier molecular flexibility index (Phi) is 13.5. The number of fused-ring (bicyclic) bond motifs is 6. The van der Waals surface area contributed by atoms with Crippen LogP contribution in [0.5, 0.6) is 0 Å². The molecule has 2 heterocycles. The lowest BCUT2D eigenvalue weighted by Gasteiger charge is -2.43. The molecule has 0 bridgehead atoms. The van der Waals surface area contributed by atoms with Gasteiger partial charge in [0.1, 0.15) is 5.69 Å². The number of hydrogen-bond donors (Lipinski definition) is 0. The van der Waals surface area contributed by atoms with E-state index in [1.807, 2.05) is 6.07 Å². The molecule has 0 aliphatic heterocycles. The lowest BCUT2D eigenvalue weighted by Crippen LogP contribution is -2.10. The minimum absolute atomic E-state index is 0.719. The molecule has 0 unspecified atom stereocenters. The lowest BCUT2D eigenvalue weighted by molar-refractivity contribution is 0.889. The van der Waals surface area contributed by atoms with E-state index in [9.17, 15) is 0 Å². The van der Waals surface area contributed by atoms with Crippen molar-refractivity contribution in [1.82, 2.24) is 9.13 Å². The molecule has 416 valence electrons. The van der Waals surface area contributed by atoms with Crippen LogP contribution < -0.4 is 0 Å². The predicted octanol–water partition coefficient (Wildman–Crippen LogP) is 22.3. The first-order chi connectivity index (χ1) is 43.7. The normalized spacial score (nSPS) is 13.5. The third-order valence-electron chi connectivity index (χ3n) is 17.8. The first-order valence-corrected chi connectivity index (χ1v) is 32.3. The molecule has 0 atom stereocenters. The van der Waals surface area contributed by atoms with Crippen LogP contribution in [-0.4, -0.2) is 9.13 Å². The molecule has 0 N–H and O–H groups in total. The number of para-hydroxylation sites is 1. The van der Waals surface area contributed by atoms with Crippen molar-refractivity contribution in [1.29, 1.82) is 0 Å². The molecule has 2 aromatic heterocycles. The van der Waals surface area contributed by atoms with Crippen molar-refractivity contribution in [2.24, 2.45) is 0 Å². The van der Waals surface area contributed by atoms with Gasteiger partial charge in [0, 0.05) is 75.8 Å². The highest BCUT2D eigenvalue weighted by molar-refractivity contribution is 8.34. The molecule has 0 radical (unpaired) electrons. The van der Waals surface area contributed by atoms with Crippen LogP contribution >= 0.6 is 10.0 Å². The largest absolute Gasteiger partial charge is 0.312 e. The number of allylic oxidation sites excluding steroid dienone is 6. The molecular formula is C85H60N2S. The number of rotatable bonds is 12. The predicted molar refractivity (Wildman–Crippen MR) is 369 cm³/mol. The lowest BCUT2D eigenvalue weighted by atomic mass is 9.95. The van der Waals surface area contributed by atoms with Crippen molar-refractivity contribution < 1.29 is 0 Å². The Balaban J connectivity index is 0.951. The molecule has 2 nitrogen and oxygen atoms in total. The molecular weight excluding hydrogens is 1080 g/mol. The van der Waals surface area contributed by atoms with Crippen molar-refractivity contribution in [2.75, 3.05) is 0 Å². The zero-order chi connectivity index (χ0) is 58.4. The molecule has 11 aromatic carbocycles. The van der Waals surface area contributed by atoms with Gasteiger partial charge < -0.3 is 9.13 Å². The van der Waals surface area contributed by atoms with Crippen LogP contribution in [0.15, 0.2) is 311 Å².